The van der Waals surface area contributed by atoms with Crippen molar-refractivity contribution in [3.8, 4) is 0 Å². The quantitative estimate of drug-likeness (QED) is 0.867. The summed E-state index contributed by atoms with van der Waals surface area (Å²) in [5.74, 6) is 1.64. The number of rotatable bonds is 6. The average Bonchev–Trinajstić information content (AvgIpc) is 2.47. The van der Waals surface area contributed by atoms with Gasteiger partial charge in [-0.25, -0.2) is 4.98 Å². The zero-order valence-electron chi connectivity index (χ0n) is 12.9. The van der Waals surface area contributed by atoms with Crippen molar-refractivity contribution in [2.75, 3.05) is 32.1 Å². The van der Waals surface area contributed by atoms with E-state index in [2.05, 4.69) is 41.2 Å². The first-order valence-electron chi connectivity index (χ1n) is 7.68. The van der Waals surface area contributed by atoms with Gasteiger partial charge in [0.15, 0.2) is 0 Å². The molecule has 0 aromatic carbocycles. The Morgan fingerprint density at radius 2 is 2.30 bits per heavy atom. The molecule has 2 rings (SSSR count). The van der Waals surface area contributed by atoms with Crippen molar-refractivity contribution in [1.82, 2.24) is 9.88 Å². The lowest BCUT2D eigenvalue weighted by Crippen LogP contribution is -2.43. The SMILES string of the molecule is CCCNc1cccc(CN2CCC(C)C(OC)C2)n1. The molecular formula is C16H27N3O. The van der Waals surface area contributed by atoms with E-state index in [1.54, 1.807) is 0 Å². The number of hydrogen-bond acceptors (Lipinski definition) is 4. The van der Waals surface area contributed by atoms with Crippen LogP contribution in [0.2, 0.25) is 0 Å². The van der Waals surface area contributed by atoms with Crippen molar-refractivity contribution in [3.63, 3.8) is 0 Å². The summed E-state index contributed by atoms with van der Waals surface area (Å²) in [5, 5.41) is 3.34. The van der Waals surface area contributed by atoms with Crippen molar-refractivity contribution in [1.29, 1.82) is 0 Å². The highest BCUT2D eigenvalue weighted by Gasteiger charge is 2.25. The molecule has 112 valence electrons. The summed E-state index contributed by atoms with van der Waals surface area (Å²) in [6.07, 6.45) is 2.67. The van der Waals surface area contributed by atoms with Gasteiger partial charge in [-0.05, 0) is 37.4 Å². The highest BCUT2D eigenvalue weighted by atomic mass is 16.5. The highest BCUT2D eigenvalue weighted by Crippen LogP contribution is 2.20. The fourth-order valence-corrected chi connectivity index (χ4v) is 2.70. The van der Waals surface area contributed by atoms with Crippen LogP contribution < -0.4 is 5.32 Å². The Bertz CT molecular complexity index is 410. The number of anilines is 1. The molecule has 0 amide bonds. The first-order chi connectivity index (χ1) is 9.72. The zero-order chi connectivity index (χ0) is 14.4. The van der Waals surface area contributed by atoms with Crippen LogP contribution in [0.1, 0.15) is 32.4 Å². The second kappa shape index (κ2) is 7.60. The van der Waals surface area contributed by atoms with Crippen LogP contribution in [0.25, 0.3) is 0 Å². The van der Waals surface area contributed by atoms with Crippen molar-refractivity contribution in [2.24, 2.45) is 5.92 Å². The largest absolute Gasteiger partial charge is 0.380 e. The van der Waals surface area contributed by atoms with E-state index in [0.29, 0.717) is 12.0 Å². The molecule has 0 bridgehead atoms. The number of nitrogens with zero attached hydrogens (tertiary/aromatic N) is 2. The Balaban J connectivity index is 1.92. The van der Waals surface area contributed by atoms with E-state index < -0.39 is 0 Å². The highest BCUT2D eigenvalue weighted by molar-refractivity contribution is 5.35. The summed E-state index contributed by atoms with van der Waals surface area (Å²) >= 11 is 0. The van der Waals surface area contributed by atoms with E-state index in [1.165, 1.54) is 6.42 Å². The van der Waals surface area contributed by atoms with Crippen LogP contribution in [0.15, 0.2) is 18.2 Å². The van der Waals surface area contributed by atoms with E-state index in [-0.39, 0.29) is 0 Å². The van der Waals surface area contributed by atoms with E-state index in [0.717, 1.165) is 44.1 Å². The van der Waals surface area contributed by atoms with E-state index in [4.69, 9.17) is 4.74 Å². The van der Waals surface area contributed by atoms with Gasteiger partial charge < -0.3 is 10.1 Å². The fraction of sp³-hybridized carbons (Fsp3) is 0.688. The van der Waals surface area contributed by atoms with E-state index >= 15 is 0 Å². The molecule has 0 radical (unpaired) electrons. The fourth-order valence-electron chi connectivity index (χ4n) is 2.70. The van der Waals surface area contributed by atoms with Gasteiger partial charge in [0.2, 0.25) is 0 Å². The van der Waals surface area contributed by atoms with Gasteiger partial charge in [0.05, 0.1) is 11.8 Å². The predicted molar refractivity (Wildman–Crippen MR) is 82.9 cm³/mol. The molecule has 20 heavy (non-hydrogen) atoms. The number of likely N-dealkylation sites (tertiary alicyclic amines) is 1. The maximum Gasteiger partial charge on any atom is 0.126 e. The molecule has 2 heterocycles. The van der Waals surface area contributed by atoms with Gasteiger partial charge in [-0.15, -0.1) is 0 Å². The van der Waals surface area contributed by atoms with Crippen LogP contribution in [0.4, 0.5) is 5.82 Å². The van der Waals surface area contributed by atoms with Crippen LogP contribution in [0, 0.1) is 5.92 Å². The summed E-state index contributed by atoms with van der Waals surface area (Å²) in [4.78, 5) is 7.13. The molecule has 2 unspecified atom stereocenters. The molecule has 1 aliphatic rings. The van der Waals surface area contributed by atoms with Gasteiger partial charge in [-0.2, -0.15) is 0 Å². The number of methoxy groups -OCH3 is 1. The molecule has 1 N–H and O–H groups in total. The van der Waals surface area contributed by atoms with Gasteiger partial charge >= 0.3 is 0 Å². The minimum atomic E-state index is 0.352. The third-order valence-corrected chi connectivity index (χ3v) is 4.02. The third kappa shape index (κ3) is 4.18. The minimum Gasteiger partial charge on any atom is -0.380 e. The maximum absolute atomic E-state index is 5.57. The number of pyridine rings is 1. The number of piperidine rings is 1. The Labute approximate surface area is 122 Å². The lowest BCUT2D eigenvalue weighted by Gasteiger charge is -2.36. The van der Waals surface area contributed by atoms with Gasteiger partial charge in [-0.3, -0.25) is 4.90 Å². The molecule has 1 aliphatic heterocycles. The summed E-state index contributed by atoms with van der Waals surface area (Å²) < 4.78 is 5.57. The number of hydrogen-bond donors (Lipinski definition) is 1. The second-order valence-corrected chi connectivity index (χ2v) is 5.72. The molecule has 0 saturated carbocycles. The normalized spacial score (nSPS) is 23.8. The van der Waals surface area contributed by atoms with Crippen molar-refractivity contribution in [2.45, 2.75) is 39.3 Å². The van der Waals surface area contributed by atoms with Gasteiger partial charge in [-0.1, -0.05) is 19.9 Å². The summed E-state index contributed by atoms with van der Waals surface area (Å²) in [6.45, 7) is 8.47. The van der Waals surface area contributed by atoms with Gasteiger partial charge in [0.1, 0.15) is 5.82 Å². The number of nitrogens with one attached hydrogen (secondary N) is 1. The van der Waals surface area contributed by atoms with Gasteiger partial charge in [0.25, 0.3) is 0 Å². The molecule has 0 spiro atoms. The van der Waals surface area contributed by atoms with Crippen molar-refractivity contribution >= 4 is 5.82 Å². The van der Waals surface area contributed by atoms with Crippen LogP contribution in [-0.4, -0.2) is 42.7 Å². The summed E-state index contributed by atoms with van der Waals surface area (Å²) in [5.41, 5.74) is 1.13. The molecular weight excluding hydrogens is 250 g/mol. The molecule has 1 fully saturated rings. The molecule has 1 aromatic heterocycles. The van der Waals surface area contributed by atoms with E-state index in [9.17, 15) is 0 Å². The molecule has 1 saturated heterocycles. The maximum atomic E-state index is 5.57. The molecule has 4 heteroatoms. The lowest BCUT2D eigenvalue weighted by molar-refractivity contribution is -0.00777. The standard InChI is InChI=1S/C16H27N3O/c1-4-9-17-16-7-5-6-14(18-16)11-19-10-8-13(2)15(12-19)20-3/h5-7,13,15H,4,8-12H2,1-3H3,(H,17,18). The van der Waals surface area contributed by atoms with Crippen molar-refractivity contribution in [3.05, 3.63) is 23.9 Å². The molecule has 1 aromatic rings. The third-order valence-electron chi connectivity index (χ3n) is 4.02. The van der Waals surface area contributed by atoms with Crippen LogP contribution in [0.5, 0.6) is 0 Å². The summed E-state index contributed by atoms with van der Waals surface area (Å²) in [6, 6.07) is 6.23. The van der Waals surface area contributed by atoms with Crippen LogP contribution in [0.3, 0.4) is 0 Å². The lowest BCUT2D eigenvalue weighted by atomic mass is 9.96. The molecule has 4 nitrogen and oxygen atoms in total. The Hall–Kier alpha value is -1.13. The smallest absolute Gasteiger partial charge is 0.126 e. The van der Waals surface area contributed by atoms with Crippen LogP contribution in [-0.2, 0) is 11.3 Å². The number of ether oxygens (including phenoxy) is 1. The Kier molecular flexibility index (Phi) is 5.80. The monoisotopic (exact) mass is 277 g/mol. The zero-order valence-corrected chi connectivity index (χ0v) is 12.9. The molecule has 0 aliphatic carbocycles. The van der Waals surface area contributed by atoms with Gasteiger partial charge in [0, 0.05) is 26.7 Å². The summed E-state index contributed by atoms with van der Waals surface area (Å²) in [7, 11) is 1.82. The first kappa shape index (κ1) is 15.3. The topological polar surface area (TPSA) is 37.4 Å². The minimum absolute atomic E-state index is 0.352. The predicted octanol–water partition coefficient (Wildman–Crippen LogP) is 2.76. The van der Waals surface area contributed by atoms with Crippen LogP contribution >= 0.6 is 0 Å². The first-order valence-corrected chi connectivity index (χ1v) is 7.68. The van der Waals surface area contributed by atoms with E-state index in [1.807, 2.05) is 13.2 Å². The average molecular weight is 277 g/mol. The number of aromatic nitrogens is 1. The second-order valence-electron chi connectivity index (χ2n) is 5.72. The Morgan fingerprint density at radius 3 is 3.05 bits per heavy atom. The molecule has 2 atom stereocenters. The Morgan fingerprint density at radius 1 is 1.45 bits per heavy atom. The van der Waals surface area contributed by atoms with Crippen molar-refractivity contribution < 1.29 is 4.74 Å².